The molecule has 1 aliphatic heterocycles. The van der Waals surface area contributed by atoms with Crippen LogP contribution in [0.1, 0.15) is 29.7 Å². The van der Waals surface area contributed by atoms with Gasteiger partial charge in [-0.3, -0.25) is 4.79 Å². The number of rotatable bonds is 6. The molecule has 2 aromatic rings. The molecule has 132 valence electrons. The van der Waals surface area contributed by atoms with E-state index in [1.807, 2.05) is 38.1 Å². The fraction of sp³-hybridized carbons (Fsp3) is 0.421. The minimum atomic E-state index is -0.167. The van der Waals surface area contributed by atoms with Gasteiger partial charge < -0.3 is 15.0 Å². The van der Waals surface area contributed by atoms with Gasteiger partial charge in [0.05, 0.1) is 0 Å². The maximum absolute atomic E-state index is 12.0. The Morgan fingerprint density at radius 1 is 1.16 bits per heavy atom. The van der Waals surface area contributed by atoms with Gasteiger partial charge in [-0.2, -0.15) is 4.98 Å². The predicted octanol–water partition coefficient (Wildman–Crippen LogP) is 2.39. The fourth-order valence-electron chi connectivity index (χ4n) is 2.75. The molecule has 1 aromatic heterocycles. The van der Waals surface area contributed by atoms with E-state index in [9.17, 15) is 4.79 Å². The number of carbonyl (C=O) groups excluding carboxylic acids is 1. The van der Waals surface area contributed by atoms with Crippen molar-refractivity contribution in [1.82, 2.24) is 15.3 Å². The number of hydrogen-bond acceptors (Lipinski definition) is 5. The minimum Gasteiger partial charge on any atom is -0.467 e. The van der Waals surface area contributed by atoms with Crippen LogP contribution in [0.4, 0.5) is 5.95 Å². The highest BCUT2D eigenvalue weighted by atomic mass is 16.5. The second-order valence-electron chi connectivity index (χ2n) is 6.39. The van der Waals surface area contributed by atoms with Crippen molar-refractivity contribution in [2.75, 3.05) is 24.6 Å². The molecule has 0 unspecified atom stereocenters. The maximum atomic E-state index is 12.0. The average Bonchev–Trinajstić information content (AvgIpc) is 3.14. The number of aromatic nitrogens is 2. The highest BCUT2D eigenvalue weighted by Gasteiger charge is 2.16. The minimum absolute atomic E-state index is 0.0538. The second kappa shape index (κ2) is 7.96. The highest BCUT2D eigenvalue weighted by Crippen LogP contribution is 2.19. The normalized spacial score (nSPS) is 13.8. The van der Waals surface area contributed by atoms with Gasteiger partial charge in [-0.15, -0.1) is 0 Å². The number of anilines is 1. The number of benzene rings is 1. The molecule has 0 aliphatic carbocycles. The smallest absolute Gasteiger partial charge is 0.258 e. The molecule has 0 radical (unpaired) electrons. The van der Waals surface area contributed by atoms with Gasteiger partial charge in [0.15, 0.2) is 6.61 Å². The van der Waals surface area contributed by atoms with Crippen molar-refractivity contribution in [3.05, 3.63) is 47.2 Å². The first kappa shape index (κ1) is 17.2. The van der Waals surface area contributed by atoms with E-state index in [1.54, 1.807) is 6.07 Å². The van der Waals surface area contributed by atoms with Crippen LogP contribution in [0.25, 0.3) is 0 Å². The van der Waals surface area contributed by atoms with Gasteiger partial charge in [0.25, 0.3) is 5.91 Å². The molecule has 0 saturated carbocycles. The zero-order chi connectivity index (χ0) is 17.6. The molecule has 3 rings (SSSR count). The third-order valence-electron chi connectivity index (χ3n) is 4.17. The first-order valence-corrected chi connectivity index (χ1v) is 8.66. The van der Waals surface area contributed by atoms with Crippen LogP contribution in [0.15, 0.2) is 30.3 Å². The van der Waals surface area contributed by atoms with Gasteiger partial charge >= 0.3 is 0 Å². The van der Waals surface area contributed by atoms with Crippen molar-refractivity contribution in [3.8, 4) is 5.88 Å². The summed E-state index contributed by atoms with van der Waals surface area (Å²) in [5.74, 6) is 0.965. The van der Waals surface area contributed by atoms with Crippen molar-refractivity contribution in [2.24, 2.45) is 0 Å². The van der Waals surface area contributed by atoms with Gasteiger partial charge in [-0.25, -0.2) is 4.98 Å². The van der Waals surface area contributed by atoms with Crippen molar-refractivity contribution in [1.29, 1.82) is 0 Å². The number of hydrogen-bond donors (Lipinski definition) is 1. The number of carbonyl (C=O) groups is 1. The van der Waals surface area contributed by atoms with E-state index in [1.165, 1.54) is 5.56 Å². The lowest BCUT2D eigenvalue weighted by atomic mass is 10.1. The first-order valence-electron chi connectivity index (χ1n) is 8.66. The molecule has 6 heteroatoms. The van der Waals surface area contributed by atoms with Crippen LogP contribution in [-0.4, -0.2) is 35.6 Å². The largest absolute Gasteiger partial charge is 0.467 e. The van der Waals surface area contributed by atoms with Gasteiger partial charge in [0, 0.05) is 31.4 Å². The maximum Gasteiger partial charge on any atom is 0.258 e. The molecule has 0 atom stereocenters. The van der Waals surface area contributed by atoms with E-state index in [4.69, 9.17) is 4.74 Å². The molecule has 1 N–H and O–H groups in total. The Balaban J connectivity index is 1.52. The quantitative estimate of drug-likeness (QED) is 0.874. The molecule has 25 heavy (non-hydrogen) atoms. The van der Waals surface area contributed by atoms with E-state index < -0.39 is 0 Å². The van der Waals surface area contributed by atoms with Crippen LogP contribution >= 0.6 is 0 Å². The Morgan fingerprint density at radius 2 is 1.88 bits per heavy atom. The Labute approximate surface area is 148 Å². The standard InChI is InChI=1S/C19H24N4O2/c1-14-5-7-16(8-6-14)12-20-17(24)13-25-18-11-15(2)21-19(22-18)23-9-3-4-10-23/h5-8,11H,3-4,9-10,12-13H2,1-2H3,(H,20,24). The lowest BCUT2D eigenvalue weighted by Gasteiger charge is -2.16. The molecular formula is C19H24N4O2. The Kier molecular flexibility index (Phi) is 5.48. The van der Waals surface area contributed by atoms with Crippen LogP contribution in [0.3, 0.4) is 0 Å². The Bertz CT molecular complexity index is 725. The summed E-state index contributed by atoms with van der Waals surface area (Å²) in [5.41, 5.74) is 3.10. The number of nitrogens with one attached hydrogen (secondary N) is 1. The summed E-state index contributed by atoms with van der Waals surface area (Å²) < 4.78 is 5.57. The monoisotopic (exact) mass is 340 g/mol. The summed E-state index contributed by atoms with van der Waals surface area (Å²) in [6.45, 7) is 6.33. The Morgan fingerprint density at radius 3 is 2.60 bits per heavy atom. The van der Waals surface area contributed by atoms with E-state index in [0.29, 0.717) is 18.4 Å². The van der Waals surface area contributed by atoms with Gasteiger partial charge in [0.1, 0.15) is 0 Å². The summed E-state index contributed by atoms with van der Waals surface area (Å²) in [7, 11) is 0. The summed E-state index contributed by atoms with van der Waals surface area (Å²) in [5, 5.41) is 2.86. The van der Waals surface area contributed by atoms with Crippen molar-refractivity contribution < 1.29 is 9.53 Å². The van der Waals surface area contributed by atoms with E-state index in [2.05, 4.69) is 20.2 Å². The van der Waals surface area contributed by atoms with Gasteiger partial charge in [0.2, 0.25) is 11.8 Å². The van der Waals surface area contributed by atoms with Crippen LogP contribution < -0.4 is 15.0 Å². The van der Waals surface area contributed by atoms with Crippen molar-refractivity contribution in [3.63, 3.8) is 0 Å². The molecule has 1 aliphatic rings. The summed E-state index contributed by atoms with van der Waals surface area (Å²) >= 11 is 0. The summed E-state index contributed by atoms with van der Waals surface area (Å²) in [6, 6.07) is 9.83. The van der Waals surface area contributed by atoms with E-state index in [-0.39, 0.29) is 12.5 Å². The molecule has 1 saturated heterocycles. The van der Waals surface area contributed by atoms with Crippen LogP contribution in [0.5, 0.6) is 5.88 Å². The lowest BCUT2D eigenvalue weighted by Crippen LogP contribution is -2.28. The molecule has 6 nitrogen and oxygen atoms in total. The molecule has 0 bridgehead atoms. The molecule has 2 heterocycles. The SMILES string of the molecule is Cc1ccc(CNC(=O)COc2cc(C)nc(N3CCCC3)n2)cc1. The second-order valence-corrected chi connectivity index (χ2v) is 6.39. The van der Waals surface area contributed by atoms with Crippen molar-refractivity contribution >= 4 is 11.9 Å². The topological polar surface area (TPSA) is 67.3 Å². The number of amides is 1. The third kappa shape index (κ3) is 4.92. The molecule has 1 amide bonds. The first-order chi connectivity index (χ1) is 12.1. The molecule has 1 fully saturated rings. The van der Waals surface area contributed by atoms with Gasteiger partial charge in [-0.1, -0.05) is 29.8 Å². The zero-order valence-corrected chi connectivity index (χ0v) is 14.8. The van der Waals surface area contributed by atoms with E-state index in [0.717, 1.165) is 37.2 Å². The summed E-state index contributed by atoms with van der Waals surface area (Å²) in [4.78, 5) is 23.0. The van der Waals surface area contributed by atoms with Crippen LogP contribution in [0, 0.1) is 13.8 Å². The van der Waals surface area contributed by atoms with Crippen molar-refractivity contribution in [2.45, 2.75) is 33.2 Å². The van der Waals surface area contributed by atoms with Crippen LogP contribution in [-0.2, 0) is 11.3 Å². The number of ether oxygens (including phenoxy) is 1. The third-order valence-corrected chi connectivity index (χ3v) is 4.17. The fourth-order valence-corrected chi connectivity index (χ4v) is 2.75. The van der Waals surface area contributed by atoms with Gasteiger partial charge in [-0.05, 0) is 32.3 Å². The predicted molar refractivity (Wildman–Crippen MR) is 96.7 cm³/mol. The molecular weight excluding hydrogens is 316 g/mol. The number of nitrogens with zero attached hydrogens (tertiary/aromatic N) is 3. The van der Waals surface area contributed by atoms with E-state index >= 15 is 0 Å². The number of aryl methyl sites for hydroxylation is 2. The highest BCUT2D eigenvalue weighted by molar-refractivity contribution is 5.77. The zero-order valence-electron chi connectivity index (χ0n) is 14.8. The van der Waals surface area contributed by atoms with Crippen LogP contribution in [0.2, 0.25) is 0 Å². The molecule has 1 aromatic carbocycles. The lowest BCUT2D eigenvalue weighted by molar-refractivity contribution is -0.123. The Hall–Kier alpha value is -2.63. The summed E-state index contributed by atoms with van der Waals surface area (Å²) in [6.07, 6.45) is 2.32. The average molecular weight is 340 g/mol. The molecule has 0 spiro atoms.